The standard InChI is InChI=1S/C27H26N6O4/c1-36-24-15-19(7-8-23(24)37-17-25(34)28-11-9-18-5-3-2-4-6-18)26-29-12-10-20(31-26)21-16-22-27(35)30-13-14-33(22)32-21/h2-8,10,12,15-16H,9,11,13-14,17H2,1H3,(H,28,34)(H,30,35). The van der Waals surface area contributed by atoms with Gasteiger partial charge in [-0.25, -0.2) is 9.97 Å². The van der Waals surface area contributed by atoms with Crippen LogP contribution in [0.4, 0.5) is 0 Å². The van der Waals surface area contributed by atoms with Crippen molar-refractivity contribution < 1.29 is 19.1 Å². The molecule has 0 bridgehead atoms. The van der Waals surface area contributed by atoms with Crippen LogP contribution >= 0.6 is 0 Å². The SMILES string of the molecule is COc1cc(-c2nccc(-c3cc4n(n3)CCNC4=O)n2)ccc1OCC(=O)NCCc1ccccc1. The van der Waals surface area contributed by atoms with E-state index in [2.05, 4.69) is 25.7 Å². The van der Waals surface area contributed by atoms with Crippen LogP contribution in [0.2, 0.25) is 0 Å². The average molecular weight is 499 g/mol. The molecule has 2 aromatic carbocycles. The average Bonchev–Trinajstić information content (AvgIpc) is 3.38. The van der Waals surface area contributed by atoms with Crippen molar-refractivity contribution in [3.8, 4) is 34.3 Å². The van der Waals surface area contributed by atoms with E-state index in [1.54, 1.807) is 41.2 Å². The number of fused-ring (bicyclic) bond motifs is 1. The molecular formula is C27H26N6O4. The Morgan fingerprint density at radius 2 is 1.95 bits per heavy atom. The fourth-order valence-electron chi connectivity index (χ4n) is 4.01. The smallest absolute Gasteiger partial charge is 0.269 e. The van der Waals surface area contributed by atoms with E-state index in [1.807, 2.05) is 30.3 Å². The Hall–Kier alpha value is -4.73. The number of hydrogen-bond donors (Lipinski definition) is 2. The largest absolute Gasteiger partial charge is 0.493 e. The third-order valence-corrected chi connectivity index (χ3v) is 5.90. The van der Waals surface area contributed by atoms with Crippen LogP contribution in [-0.4, -0.2) is 58.4 Å². The minimum atomic E-state index is -0.213. The topological polar surface area (TPSA) is 120 Å². The Labute approximate surface area is 213 Å². The first-order valence-electron chi connectivity index (χ1n) is 11.9. The molecule has 0 aliphatic carbocycles. The Morgan fingerprint density at radius 3 is 2.76 bits per heavy atom. The zero-order valence-corrected chi connectivity index (χ0v) is 20.3. The second-order valence-corrected chi connectivity index (χ2v) is 8.40. The molecule has 0 radical (unpaired) electrons. The van der Waals surface area contributed by atoms with E-state index in [0.717, 1.165) is 12.0 Å². The summed E-state index contributed by atoms with van der Waals surface area (Å²) in [6, 6.07) is 18.7. The zero-order valence-electron chi connectivity index (χ0n) is 20.3. The van der Waals surface area contributed by atoms with Crippen LogP contribution in [0.3, 0.4) is 0 Å². The molecule has 0 atom stereocenters. The number of nitrogens with one attached hydrogen (secondary N) is 2. The predicted molar refractivity (Wildman–Crippen MR) is 136 cm³/mol. The molecule has 1 aliphatic heterocycles. The van der Waals surface area contributed by atoms with E-state index in [-0.39, 0.29) is 18.4 Å². The van der Waals surface area contributed by atoms with Crippen molar-refractivity contribution >= 4 is 11.8 Å². The highest BCUT2D eigenvalue weighted by Crippen LogP contribution is 2.32. The number of benzene rings is 2. The fourth-order valence-corrected chi connectivity index (χ4v) is 4.01. The van der Waals surface area contributed by atoms with Gasteiger partial charge in [-0.3, -0.25) is 14.3 Å². The van der Waals surface area contributed by atoms with Crippen LogP contribution in [0.5, 0.6) is 11.5 Å². The maximum Gasteiger partial charge on any atom is 0.269 e. The lowest BCUT2D eigenvalue weighted by Crippen LogP contribution is -2.35. The maximum absolute atomic E-state index is 12.2. The first-order valence-corrected chi connectivity index (χ1v) is 11.9. The number of carbonyl (C=O) groups is 2. The Bertz CT molecular complexity index is 1420. The van der Waals surface area contributed by atoms with Gasteiger partial charge in [-0.1, -0.05) is 30.3 Å². The van der Waals surface area contributed by atoms with Gasteiger partial charge in [-0.05, 0) is 42.3 Å². The molecule has 10 nitrogen and oxygen atoms in total. The number of amides is 2. The summed E-state index contributed by atoms with van der Waals surface area (Å²) in [5.41, 5.74) is 3.58. The number of methoxy groups -OCH3 is 1. The highest BCUT2D eigenvalue weighted by Gasteiger charge is 2.20. The monoisotopic (exact) mass is 498 g/mol. The molecule has 0 saturated heterocycles. The first-order chi connectivity index (χ1) is 18.1. The lowest BCUT2D eigenvalue weighted by atomic mass is 10.1. The van der Waals surface area contributed by atoms with E-state index in [1.165, 1.54) is 7.11 Å². The summed E-state index contributed by atoms with van der Waals surface area (Å²) in [5, 5.41) is 10.2. The number of rotatable bonds is 9. The van der Waals surface area contributed by atoms with Crippen LogP contribution in [-0.2, 0) is 17.8 Å². The lowest BCUT2D eigenvalue weighted by molar-refractivity contribution is -0.123. The molecule has 1 aliphatic rings. The van der Waals surface area contributed by atoms with Crippen LogP contribution in [0.25, 0.3) is 22.8 Å². The summed E-state index contributed by atoms with van der Waals surface area (Å²) >= 11 is 0. The van der Waals surface area contributed by atoms with E-state index < -0.39 is 0 Å². The molecule has 4 aromatic rings. The summed E-state index contributed by atoms with van der Waals surface area (Å²) in [6.07, 6.45) is 2.39. The normalized spacial score (nSPS) is 12.4. The van der Waals surface area contributed by atoms with Gasteiger partial charge in [-0.2, -0.15) is 5.10 Å². The van der Waals surface area contributed by atoms with Crippen molar-refractivity contribution in [2.45, 2.75) is 13.0 Å². The molecule has 0 fully saturated rings. The maximum atomic E-state index is 12.2. The third kappa shape index (κ3) is 5.58. The van der Waals surface area contributed by atoms with Crippen LogP contribution in [0, 0.1) is 0 Å². The van der Waals surface area contributed by atoms with Crippen LogP contribution in [0.1, 0.15) is 16.1 Å². The highest BCUT2D eigenvalue weighted by atomic mass is 16.5. The van der Waals surface area contributed by atoms with Crippen molar-refractivity contribution in [1.82, 2.24) is 30.4 Å². The van der Waals surface area contributed by atoms with Gasteiger partial charge in [-0.15, -0.1) is 0 Å². The van der Waals surface area contributed by atoms with Crippen LogP contribution < -0.4 is 20.1 Å². The van der Waals surface area contributed by atoms with Gasteiger partial charge < -0.3 is 20.1 Å². The van der Waals surface area contributed by atoms with Crippen molar-refractivity contribution in [2.24, 2.45) is 0 Å². The summed E-state index contributed by atoms with van der Waals surface area (Å²) in [4.78, 5) is 33.3. The summed E-state index contributed by atoms with van der Waals surface area (Å²) < 4.78 is 12.9. The number of aromatic nitrogens is 4. The molecule has 0 unspecified atom stereocenters. The minimum Gasteiger partial charge on any atom is -0.493 e. The number of carbonyl (C=O) groups excluding carboxylic acids is 2. The van der Waals surface area contributed by atoms with E-state index in [9.17, 15) is 9.59 Å². The molecule has 37 heavy (non-hydrogen) atoms. The number of ether oxygens (including phenoxy) is 2. The molecule has 2 amide bonds. The molecule has 0 spiro atoms. The molecule has 3 heterocycles. The van der Waals surface area contributed by atoms with Crippen molar-refractivity contribution in [2.75, 3.05) is 26.8 Å². The van der Waals surface area contributed by atoms with Crippen molar-refractivity contribution in [3.05, 3.63) is 78.1 Å². The van der Waals surface area contributed by atoms with Gasteiger partial charge in [0.1, 0.15) is 11.4 Å². The molecule has 2 aromatic heterocycles. The van der Waals surface area contributed by atoms with Gasteiger partial charge in [0.25, 0.3) is 11.8 Å². The van der Waals surface area contributed by atoms with Gasteiger partial charge in [0, 0.05) is 24.8 Å². The zero-order chi connectivity index (χ0) is 25.6. The van der Waals surface area contributed by atoms with Crippen molar-refractivity contribution in [1.29, 1.82) is 0 Å². The Kier molecular flexibility index (Phi) is 7.07. The quantitative estimate of drug-likeness (QED) is 0.364. The third-order valence-electron chi connectivity index (χ3n) is 5.90. The fraction of sp³-hybridized carbons (Fsp3) is 0.222. The van der Waals surface area contributed by atoms with E-state index >= 15 is 0 Å². The van der Waals surface area contributed by atoms with Crippen LogP contribution in [0.15, 0.2) is 66.9 Å². The number of hydrogen-bond acceptors (Lipinski definition) is 7. The highest BCUT2D eigenvalue weighted by molar-refractivity contribution is 5.94. The number of nitrogens with zero attached hydrogens (tertiary/aromatic N) is 4. The molecule has 2 N–H and O–H groups in total. The van der Waals surface area contributed by atoms with E-state index in [0.29, 0.717) is 59.6 Å². The molecular weight excluding hydrogens is 472 g/mol. The second kappa shape index (κ2) is 10.9. The van der Waals surface area contributed by atoms with Gasteiger partial charge in [0.05, 0.1) is 19.3 Å². The molecule has 5 rings (SSSR count). The molecule has 0 saturated carbocycles. The second-order valence-electron chi connectivity index (χ2n) is 8.40. The molecule has 10 heteroatoms. The van der Waals surface area contributed by atoms with Gasteiger partial charge in [0.2, 0.25) is 0 Å². The van der Waals surface area contributed by atoms with E-state index in [4.69, 9.17) is 9.47 Å². The van der Waals surface area contributed by atoms with Gasteiger partial charge >= 0.3 is 0 Å². The summed E-state index contributed by atoms with van der Waals surface area (Å²) in [5.74, 6) is 1.00. The lowest BCUT2D eigenvalue weighted by Gasteiger charge is -2.13. The minimum absolute atomic E-state index is 0.130. The Morgan fingerprint density at radius 1 is 1.08 bits per heavy atom. The summed E-state index contributed by atoms with van der Waals surface area (Å²) in [6.45, 7) is 1.56. The Balaban J connectivity index is 1.24. The first kappa shape index (κ1) is 24.0. The van der Waals surface area contributed by atoms with Gasteiger partial charge in [0.15, 0.2) is 23.9 Å². The predicted octanol–water partition coefficient (Wildman–Crippen LogP) is 2.50. The summed E-state index contributed by atoms with van der Waals surface area (Å²) in [7, 11) is 1.53. The molecule has 188 valence electrons. The van der Waals surface area contributed by atoms with Crippen molar-refractivity contribution in [3.63, 3.8) is 0 Å².